The van der Waals surface area contributed by atoms with E-state index in [4.69, 9.17) is 0 Å². The third-order valence-electron chi connectivity index (χ3n) is 4.41. The summed E-state index contributed by atoms with van der Waals surface area (Å²) in [4.78, 5) is 35.9. The smallest absolute Gasteiger partial charge is 0.274 e. The normalized spacial score (nSPS) is 13.2. The van der Waals surface area contributed by atoms with E-state index in [0.29, 0.717) is 11.5 Å². The van der Waals surface area contributed by atoms with Crippen molar-refractivity contribution in [2.75, 3.05) is 5.75 Å². The topological polar surface area (TPSA) is 76.9 Å². The van der Waals surface area contributed by atoms with Crippen LogP contribution in [0.4, 0.5) is 0 Å². The van der Waals surface area contributed by atoms with Gasteiger partial charge in [0.1, 0.15) is 21.4 Å². The van der Waals surface area contributed by atoms with Gasteiger partial charge in [-0.05, 0) is 43.9 Å². The number of thiophene rings is 1. The summed E-state index contributed by atoms with van der Waals surface area (Å²) >= 11 is 3.11. The molecule has 0 fully saturated rings. The van der Waals surface area contributed by atoms with Crippen molar-refractivity contribution in [2.24, 2.45) is 7.05 Å². The fourth-order valence-electron chi connectivity index (χ4n) is 3.23. The van der Waals surface area contributed by atoms with Gasteiger partial charge < -0.3 is 4.57 Å². The fraction of sp³-hybridized carbons (Fsp3) is 0.333. The maximum absolute atomic E-state index is 12.2. The van der Waals surface area contributed by atoms with E-state index in [9.17, 15) is 9.59 Å². The lowest BCUT2D eigenvalue weighted by atomic mass is 10.2. The Balaban J connectivity index is 1.50. The molecule has 4 rings (SSSR count). The fourth-order valence-corrected chi connectivity index (χ4v) is 5.50. The minimum atomic E-state index is -0.386. The second-order valence-corrected chi connectivity index (χ2v) is 8.33. The summed E-state index contributed by atoms with van der Waals surface area (Å²) in [6, 6.07) is 3.45. The first-order valence-corrected chi connectivity index (χ1v) is 10.2. The number of amides is 2. The molecule has 0 aliphatic heterocycles. The Labute approximate surface area is 159 Å². The van der Waals surface area contributed by atoms with Gasteiger partial charge in [0.05, 0.1) is 5.75 Å². The lowest BCUT2D eigenvalue weighted by Crippen LogP contribution is -2.33. The van der Waals surface area contributed by atoms with Gasteiger partial charge >= 0.3 is 0 Å². The molecular weight excluding hydrogens is 368 g/mol. The quantitative estimate of drug-likeness (QED) is 0.551. The van der Waals surface area contributed by atoms with Crippen molar-refractivity contribution in [2.45, 2.75) is 31.2 Å². The zero-order valence-corrected chi connectivity index (χ0v) is 16.2. The van der Waals surface area contributed by atoms with Gasteiger partial charge in [-0.2, -0.15) is 0 Å². The predicted molar refractivity (Wildman–Crippen MR) is 103 cm³/mol. The minimum absolute atomic E-state index is 0.145. The number of nitrogens with one attached hydrogen (secondary N) is 1. The highest BCUT2D eigenvalue weighted by molar-refractivity contribution is 8.00. The molecule has 2 amide bonds. The van der Waals surface area contributed by atoms with Crippen LogP contribution >= 0.6 is 23.1 Å². The van der Waals surface area contributed by atoms with Gasteiger partial charge in [-0.15, -0.1) is 11.3 Å². The highest BCUT2D eigenvalue weighted by atomic mass is 32.2. The summed E-state index contributed by atoms with van der Waals surface area (Å²) < 4.78 is 1.68. The Morgan fingerprint density at radius 2 is 2.19 bits per heavy atom. The highest BCUT2D eigenvalue weighted by Crippen LogP contribution is 2.40. The number of carbonyl (C=O) groups is 2. The summed E-state index contributed by atoms with van der Waals surface area (Å²) in [5.41, 5.74) is 1.80. The number of aryl methyl sites for hydroxylation is 4. The molecule has 0 saturated carbocycles. The third kappa shape index (κ3) is 3.14. The van der Waals surface area contributed by atoms with Crippen LogP contribution in [0.2, 0.25) is 0 Å². The summed E-state index contributed by atoms with van der Waals surface area (Å²) in [5, 5.41) is 4.38. The van der Waals surface area contributed by atoms with Gasteiger partial charge in [-0.3, -0.25) is 14.9 Å². The molecule has 8 heteroatoms. The van der Waals surface area contributed by atoms with E-state index in [1.54, 1.807) is 41.3 Å². The van der Waals surface area contributed by atoms with Gasteiger partial charge in [0.15, 0.2) is 0 Å². The first-order valence-electron chi connectivity index (χ1n) is 8.40. The number of aromatic nitrogens is 3. The van der Waals surface area contributed by atoms with Crippen molar-refractivity contribution in [3.05, 3.63) is 40.3 Å². The Kier molecular flexibility index (Phi) is 4.54. The van der Waals surface area contributed by atoms with E-state index in [2.05, 4.69) is 15.3 Å². The number of fused-ring (bicyclic) bond motifs is 3. The Morgan fingerprint density at radius 3 is 2.96 bits per heavy atom. The maximum atomic E-state index is 12.2. The Bertz CT molecular complexity index is 1020. The molecule has 0 spiro atoms. The van der Waals surface area contributed by atoms with Crippen molar-refractivity contribution in [3.63, 3.8) is 0 Å². The van der Waals surface area contributed by atoms with Crippen LogP contribution in [-0.4, -0.2) is 32.1 Å². The van der Waals surface area contributed by atoms with Crippen LogP contribution in [0.15, 0.2) is 23.4 Å². The molecule has 1 aliphatic carbocycles. The van der Waals surface area contributed by atoms with Gasteiger partial charge in [-0.25, -0.2) is 9.97 Å². The lowest BCUT2D eigenvalue weighted by Gasteiger charge is -2.07. The second kappa shape index (κ2) is 6.85. The number of thioether (sulfide) groups is 1. The van der Waals surface area contributed by atoms with E-state index in [0.717, 1.165) is 28.1 Å². The first-order chi connectivity index (χ1) is 12.5. The van der Waals surface area contributed by atoms with Gasteiger partial charge in [0.2, 0.25) is 5.91 Å². The Morgan fingerprint density at radius 1 is 1.35 bits per heavy atom. The molecule has 0 aromatic carbocycles. The lowest BCUT2D eigenvalue weighted by molar-refractivity contribution is -0.117. The zero-order chi connectivity index (χ0) is 18.3. The van der Waals surface area contributed by atoms with Crippen molar-refractivity contribution >= 4 is 45.1 Å². The van der Waals surface area contributed by atoms with Gasteiger partial charge in [-0.1, -0.05) is 11.8 Å². The van der Waals surface area contributed by atoms with Crippen LogP contribution in [0.5, 0.6) is 0 Å². The number of hydrogen-bond donors (Lipinski definition) is 1. The van der Waals surface area contributed by atoms with Crippen molar-refractivity contribution in [1.29, 1.82) is 0 Å². The molecule has 6 nitrogen and oxygen atoms in total. The van der Waals surface area contributed by atoms with Crippen LogP contribution < -0.4 is 5.32 Å². The summed E-state index contributed by atoms with van der Waals surface area (Å²) in [6.45, 7) is 1.87. The van der Waals surface area contributed by atoms with Crippen LogP contribution in [0.1, 0.15) is 33.2 Å². The predicted octanol–water partition coefficient (Wildman–Crippen LogP) is 2.88. The Hall–Kier alpha value is -2.19. The molecular formula is C18H18N4O2S2. The number of nitrogens with zero attached hydrogens (tertiary/aromatic N) is 3. The van der Waals surface area contributed by atoms with E-state index < -0.39 is 0 Å². The van der Waals surface area contributed by atoms with Crippen LogP contribution in [0.25, 0.3) is 10.2 Å². The molecule has 3 aromatic heterocycles. The highest BCUT2D eigenvalue weighted by Gasteiger charge is 2.22. The number of rotatable bonds is 4. The standard InChI is InChI=1S/C18H18N4O2S2/c1-10-19-17(15-11-5-3-7-13(11)26-18(15)20-10)25-9-14(23)21-16(24)12-6-4-8-22(12)2/h4,6,8H,3,5,7,9H2,1-2H3,(H,21,23,24). The molecule has 134 valence electrons. The molecule has 0 bridgehead atoms. The number of carbonyl (C=O) groups excluding carboxylic acids is 2. The average Bonchev–Trinajstić information content (AvgIpc) is 3.27. The SMILES string of the molecule is Cc1nc(SCC(=O)NC(=O)c2cccn2C)c2c3c(sc2n1)CCC3. The largest absolute Gasteiger partial charge is 0.347 e. The molecule has 3 heterocycles. The molecule has 3 aromatic rings. The molecule has 0 unspecified atom stereocenters. The summed E-state index contributed by atoms with van der Waals surface area (Å²) in [7, 11) is 1.77. The molecule has 1 N–H and O–H groups in total. The number of hydrogen-bond acceptors (Lipinski definition) is 6. The molecule has 26 heavy (non-hydrogen) atoms. The van der Waals surface area contributed by atoms with E-state index >= 15 is 0 Å². The van der Waals surface area contributed by atoms with E-state index in [-0.39, 0.29) is 17.6 Å². The second-order valence-electron chi connectivity index (χ2n) is 6.28. The van der Waals surface area contributed by atoms with E-state index in [1.165, 1.54) is 28.6 Å². The van der Waals surface area contributed by atoms with Crippen molar-refractivity contribution in [1.82, 2.24) is 19.9 Å². The summed E-state index contributed by atoms with van der Waals surface area (Å²) in [5.74, 6) is 0.146. The van der Waals surface area contributed by atoms with Crippen LogP contribution in [0.3, 0.4) is 0 Å². The van der Waals surface area contributed by atoms with Gasteiger partial charge in [0.25, 0.3) is 5.91 Å². The average molecular weight is 387 g/mol. The van der Waals surface area contributed by atoms with Crippen molar-refractivity contribution < 1.29 is 9.59 Å². The zero-order valence-electron chi connectivity index (χ0n) is 14.5. The van der Waals surface area contributed by atoms with Crippen molar-refractivity contribution in [3.8, 4) is 0 Å². The molecule has 1 aliphatic rings. The van der Waals surface area contributed by atoms with Gasteiger partial charge in [0, 0.05) is 23.5 Å². The third-order valence-corrected chi connectivity index (χ3v) is 6.57. The van der Waals surface area contributed by atoms with Crippen LogP contribution in [0, 0.1) is 6.92 Å². The minimum Gasteiger partial charge on any atom is -0.347 e. The number of imide groups is 1. The maximum Gasteiger partial charge on any atom is 0.274 e. The molecule has 0 atom stereocenters. The summed E-state index contributed by atoms with van der Waals surface area (Å²) in [6.07, 6.45) is 5.09. The first kappa shape index (κ1) is 17.2. The monoisotopic (exact) mass is 386 g/mol. The van der Waals surface area contributed by atoms with Crippen LogP contribution in [-0.2, 0) is 24.7 Å². The molecule has 0 saturated heterocycles. The van der Waals surface area contributed by atoms with E-state index in [1.807, 2.05) is 6.92 Å². The molecule has 0 radical (unpaired) electrons.